The van der Waals surface area contributed by atoms with Crippen LogP contribution in [-0.2, 0) is 6.42 Å². The summed E-state index contributed by atoms with van der Waals surface area (Å²) in [4.78, 5) is 30.0. The second-order valence-electron chi connectivity index (χ2n) is 6.15. The predicted molar refractivity (Wildman–Crippen MR) is 99.0 cm³/mol. The average molecular weight is 385 g/mol. The molecule has 1 aliphatic heterocycles. The van der Waals surface area contributed by atoms with E-state index in [2.05, 4.69) is 41.5 Å². The van der Waals surface area contributed by atoms with Crippen molar-refractivity contribution in [3.8, 4) is 5.82 Å². The molecule has 27 heavy (non-hydrogen) atoms. The summed E-state index contributed by atoms with van der Waals surface area (Å²) in [5.74, 6) is 1.50. The molecule has 11 heteroatoms. The Balaban J connectivity index is 1.42. The highest BCUT2D eigenvalue weighted by Crippen LogP contribution is 2.19. The fraction of sp³-hybridized carbons (Fsp3) is 0.438. The minimum Gasteiger partial charge on any atom is -0.353 e. The number of aromatic nitrogens is 7. The van der Waals surface area contributed by atoms with Crippen LogP contribution in [0.25, 0.3) is 5.82 Å². The van der Waals surface area contributed by atoms with Gasteiger partial charge < -0.3 is 9.80 Å². The third-order valence-corrected chi connectivity index (χ3v) is 5.18. The normalized spacial score (nSPS) is 14.6. The Kier molecular flexibility index (Phi) is 5.01. The van der Waals surface area contributed by atoms with E-state index in [1.54, 1.807) is 11.0 Å². The molecule has 1 amide bonds. The molecule has 0 saturated carbocycles. The van der Waals surface area contributed by atoms with Gasteiger partial charge in [-0.05, 0) is 18.0 Å². The van der Waals surface area contributed by atoms with Crippen molar-refractivity contribution in [2.45, 2.75) is 19.8 Å². The van der Waals surface area contributed by atoms with Gasteiger partial charge in [0.2, 0.25) is 0 Å². The van der Waals surface area contributed by atoms with Crippen molar-refractivity contribution in [1.82, 2.24) is 39.2 Å². The first kappa shape index (κ1) is 17.5. The van der Waals surface area contributed by atoms with Crippen LogP contribution < -0.4 is 4.90 Å². The van der Waals surface area contributed by atoms with Crippen molar-refractivity contribution in [1.29, 1.82) is 0 Å². The monoisotopic (exact) mass is 385 g/mol. The summed E-state index contributed by atoms with van der Waals surface area (Å²) in [7, 11) is 0. The molecule has 0 atom stereocenters. The van der Waals surface area contributed by atoms with Crippen LogP contribution in [0.3, 0.4) is 0 Å². The highest BCUT2D eigenvalue weighted by molar-refractivity contribution is 7.08. The molecule has 1 fully saturated rings. The first-order chi connectivity index (χ1) is 13.3. The molecule has 0 bridgehead atoms. The Morgan fingerprint density at radius 2 is 1.96 bits per heavy atom. The molecule has 1 aliphatic rings. The molecule has 0 aromatic carbocycles. The molecule has 0 unspecified atom stereocenters. The zero-order valence-corrected chi connectivity index (χ0v) is 15.7. The second-order valence-corrected chi connectivity index (χ2v) is 6.91. The van der Waals surface area contributed by atoms with Crippen LogP contribution in [0.1, 0.15) is 28.7 Å². The highest BCUT2D eigenvalue weighted by atomic mass is 32.1. The third kappa shape index (κ3) is 3.63. The standard InChI is InChI=1S/C16H19N9OS/c1-2-3-12-15(27-22-21-12)16(26)24-6-4-23(5-7-24)13-8-14(19-10-18-13)25-11-17-9-20-25/h8-11H,2-7H2,1H3. The van der Waals surface area contributed by atoms with Gasteiger partial charge in [-0.2, -0.15) is 5.10 Å². The fourth-order valence-electron chi connectivity index (χ4n) is 3.02. The summed E-state index contributed by atoms with van der Waals surface area (Å²) in [6, 6.07) is 1.87. The lowest BCUT2D eigenvalue weighted by molar-refractivity contribution is 0.0750. The summed E-state index contributed by atoms with van der Waals surface area (Å²) in [6.07, 6.45) is 6.31. The summed E-state index contributed by atoms with van der Waals surface area (Å²) in [6.45, 7) is 4.74. The fourth-order valence-corrected chi connectivity index (χ4v) is 3.69. The molecular formula is C16H19N9OS. The molecule has 0 spiro atoms. The van der Waals surface area contributed by atoms with Crippen LogP contribution in [0.4, 0.5) is 5.82 Å². The van der Waals surface area contributed by atoms with Crippen LogP contribution in [0.5, 0.6) is 0 Å². The van der Waals surface area contributed by atoms with E-state index in [4.69, 9.17) is 0 Å². The van der Waals surface area contributed by atoms with E-state index in [0.29, 0.717) is 36.9 Å². The molecule has 4 rings (SSSR count). The summed E-state index contributed by atoms with van der Waals surface area (Å²) in [5, 5.41) is 8.19. The van der Waals surface area contributed by atoms with Crippen molar-refractivity contribution in [3.05, 3.63) is 35.6 Å². The molecular weight excluding hydrogens is 366 g/mol. The maximum absolute atomic E-state index is 12.8. The average Bonchev–Trinajstić information content (AvgIpc) is 3.40. The van der Waals surface area contributed by atoms with Gasteiger partial charge in [-0.15, -0.1) is 5.10 Å². The Labute approximate surface area is 160 Å². The Morgan fingerprint density at radius 3 is 2.70 bits per heavy atom. The van der Waals surface area contributed by atoms with Crippen molar-refractivity contribution in [3.63, 3.8) is 0 Å². The molecule has 0 aliphatic carbocycles. The number of hydrogen-bond acceptors (Lipinski definition) is 9. The zero-order chi connectivity index (χ0) is 18.6. The minimum atomic E-state index is 0.0269. The number of piperazine rings is 1. The maximum atomic E-state index is 12.8. The van der Waals surface area contributed by atoms with Gasteiger partial charge in [-0.25, -0.2) is 19.6 Å². The molecule has 0 N–H and O–H groups in total. The lowest BCUT2D eigenvalue weighted by atomic mass is 10.2. The van der Waals surface area contributed by atoms with Gasteiger partial charge in [0, 0.05) is 32.2 Å². The Hall–Kier alpha value is -2.95. The van der Waals surface area contributed by atoms with Crippen molar-refractivity contribution >= 4 is 23.3 Å². The Bertz CT molecular complexity index is 902. The lowest BCUT2D eigenvalue weighted by Crippen LogP contribution is -2.49. The number of anilines is 1. The van der Waals surface area contributed by atoms with Gasteiger partial charge >= 0.3 is 0 Å². The zero-order valence-electron chi connectivity index (χ0n) is 14.9. The summed E-state index contributed by atoms with van der Waals surface area (Å²) >= 11 is 1.19. The number of nitrogens with zero attached hydrogens (tertiary/aromatic N) is 9. The van der Waals surface area contributed by atoms with E-state index in [0.717, 1.165) is 24.4 Å². The van der Waals surface area contributed by atoms with Gasteiger partial charge in [0.1, 0.15) is 29.7 Å². The van der Waals surface area contributed by atoms with Crippen molar-refractivity contribution in [2.24, 2.45) is 0 Å². The predicted octanol–water partition coefficient (Wildman–Crippen LogP) is 0.824. The first-order valence-electron chi connectivity index (χ1n) is 8.78. The largest absolute Gasteiger partial charge is 0.353 e. The SMILES string of the molecule is CCCc1nnsc1C(=O)N1CCN(c2cc(-n3cncn3)ncn2)CC1. The lowest BCUT2D eigenvalue weighted by Gasteiger charge is -2.35. The van der Waals surface area contributed by atoms with E-state index in [1.807, 2.05) is 11.0 Å². The molecule has 1 saturated heterocycles. The van der Waals surface area contributed by atoms with Crippen LogP contribution in [0, 0.1) is 0 Å². The van der Waals surface area contributed by atoms with Crippen LogP contribution in [0.15, 0.2) is 25.0 Å². The summed E-state index contributed by atoms with van der Waals surface area (Å²) in [5.41, 5.74) is 0.809. The van der Waals surface area contributed by atoms with Crippen LogP contribution in [-0.4, -0.2) is 71.3 Å². The second kappa shape index (κ2) is 7.74. The smallest absolute Gasteiger partial charge is 0.267 e. The molecule has 0 radical (unpaired) electrons. The topological polar surface area (TPSA) is 106 Å². The third-order valence-electron chi connectivity index (χ3n) is 4.42. The number of hydrogen-bond donors (Lipinski definition) is 0. The van der Waals surface area contributed by atoms with Gasteiger partial charge in [-0.1, -0.05) is 17.8 Å². The number of rotatable bonds is 5. The van der Waals surface area contributed by atoms with E-state index in [1.165, 1.54) is 24.2 Å². The van der Waals surface area contributed by atoms with Gasteiger partial charge in [0.05, 0.1) is 5.69 Å². The van der Waals surface area contributed by atoms with E-state index in [9.17, 15) is 4.79 Å². The summed E-state index contributed by atoms with van der Waals surface area (Å²) < 4.78 is 5.55. The van der Waals surface area contributed by atoms with Crippen LogP contribution >= 0.6 is 11.5 Å². The number of amides is 1. The number of aryl methyl sites for hydroxylation is 1. The van der Waals surface area contributed by atoms with Gasteiger partial charge in [-0.3, -0.25) is 4.79 Å². The molecule has 4 heterocycles. The molecule has 3 aromatic heterocycles. The first-order valence-corrected chi connectivity index (χ1v) is 9.56. The molecule has 140 valence electrons. The molecule has 10 nitrogen and oxygen atoms in total. The molecule has 3 aromatic rings. The van der Waals surface area contributed by atoms with E-state index < -0.39 is 0 Å². The van der Waals surface area contributed by atoms with E-state index in [-0.39, 0.29) is 5.91 Å². The number of carbonyl (C=O) groups excluding carboxylic acids is 1. The quantitative estimate of drug-likeness (QED) is 0.636. The number of carbonyl (C=O) groups is 1. The highest BCUT2D eigenvalue weighted by Gasteiger charge is 2.26. The van der Waals surface area contributed by atoms with Gasteiger partial charge in [0.15, 0.2) is 5.82 Å². The minimum absolute atomic E-state index is 0.0269. The van der Waals surface area contributed by atoms with Crippen molar-refractivity contribution in [2.75, 3.05) is 31.1 Å². The van der Waals surface area contributed by atoms with E-state index >= 15 is 0 Å². The maximum Gasteiger partial charge on any atom is 0.267 e. The van der Waals surface area contributed by atoms with Crippen molar-refractivity contribution < 1.29 is 4.79 Å². The van der Waals surface area contributed by atoms with Crippen LogP contribution in [0.2, 0.25) is 0 Å². The Morgan fingerprint density at radius 1 is 1.15 bits per heavy atom. The van der Waals surface area contributed by atoms with Gasteiger partial charge in [0.25, 0.3) is 5.91 Å².